The zero-order valence-corrected chi connectivity index (χ0v) is 11.7. The molecule has 0 atom stereocenters. The molecule has 5 heteroatoms. The molecule has 0 unspecified atom stereocenters. The van der Waals surface area contributed by atoms with Gasteiger partial charge < -0.3 is 0 Å². The molecule has 2 rings (SSSR count). The van der Waals surface area contributed by atoms with Gasteiger partial charge in [0, 0.05) is 11.4 Å². The number of benzene rings is 1. The molecule has 2 aromatic rings. The molecule has 1 aromatic heterocycles. The van der Waals surface area contributed by atoms with Crippen LogP contribution in [0.25, 0.3) is 0 Å². The number of carbonyl (C=O) groups excluding carboxylic acids is 1. The Morgan fingerprint density at radius 3 is 2.76 bits per heavy atom. The Bertz CT molecular complexity index is 567. The van der Waals surface area contributed by atoms with Gasteiger partial charge in [0.2, 0.25) is 0 Å². The van der Waals surface area contributed by atoms with Crippen LogP contribution < -0.4 is 0 Å². The third kappa shape index (κ3) is 3.15. The fourth-order valence-corrected chi connectivity index (χ4v) is 2.91. The molecular weight excluding hydrogens is 327 g/mol. The van der Waals surface area contributed by atoms with E-state index in [0.29, 0.717) is 15.5 Å². The van der Waals surface area contributed by atoms with Gasteiger partial charge in [0.25, 0.3) is 0 Å². The van der Waals surface area contributed by atoms with Crippen LogP contribution in [0.3, 0.4) is 0 Å². The maximum absolute atomic E-state index is 13.0. The lowest BCUT2D eigenvalue weighted by Crippen LogP contribution is -2.02. The highest BCUT2D eigenvalue weighted by molar-refractivity contribution is 9.11. The van der Waals surface area contributed by atoms with Crippen LogP contribution in [0.5, 0.6) is 0 Å². The summed E-state index contributed by atoms with van der Waals surface area (Å²) in [4.78, 5) is 12.5. The van der Waals surface area contributed by atoms with Crippen LogP contribution in [0.1, 0.15) is 15.2 Å². The molecule has 0 spiro atoms. The summed E-state index contributed by atoms with van der Waals surface area (Å²) in [5.41, 5.74) is 0.515. The van der Waals surface area contributed by atoms with Gasteiger partial charge in [0.05, 0.1) is 8.66 Å². The zero-order valence-electron chi connectivity index (χ0n) is 8.54. The number of thiophene rings is 1. The molecule has 0 saturated carbocycles. The summed E-state index contributed by atoms with van der Waals surface area (Å²) in [5.74, 6) is -0.447. The van der Waals surface area contributed by atoms with Gasteiger partial charge in [-0.15, -0.1) is 11.3 Å². The molecule has 17 heavy (non-hydrogen) atoms. The predicted octanol–water partition coefficient (Wildman–Crippen LogP) is 4.73. The third-order valence-corrected chi connectivity index (χ3v) is 4.24. The van der Waals surface area contributed by atoms with Crippen LogP contribution in [-0.2, 0) is 6.42 Å². The second-order valence-corrected chi connectivity index (χ2v) is 6.31. The van der Waals surface area contributed by atoms with E-state index in [1.807, 2.05) is 6.07 Å². The van der Waals surface area contributed by atoms with E-state index in [9.17, 15) is 9.18 Å². The molecule has 0 radical (unpaired) electrons. The Hall–Kier alpha value is -0.710. The molecule has 1 nitrogen and oxygen atoms in total. The number of halogens is 3. The van der Waals surface area contributed by atoms with Crippen LogP contribution in [0, 0.1) is 5.82 Å². The van der Waals surface area contributed by atoms with Crippen molar-refractivity contribution in [2.75, 3.05) is 0 Å². The highest BCUT2D eigenvalue weighted by Gasteiger charge is 2.12. The smallest absolute Gasteiger partial charge is 0.177 e. The lowest BCUT2D eigenvalue weighted by Gasteiger charge is -2.02. The van der Waals surface area contributed by atoms with E-state index < -0.39 is 0 Å². The summed E-state index contributed by atoms with van der Waals surface area (Å²) in [6, 6.07) is 7.58. The second-order valence-electron chi connectivity index (χ2n) is 3.44. The molecule has 0 bridgehead atoms. The van der Waals surface area contributed by atoms with Crippen LogP contribution in [0.15, 0.2) is 34.1 Å². The van der Waals surface area contributed by atoms with Gasteiger partial charge in [0.1, 0.15) is 5.82 Å². The van der Waals surface area contributed by atoms with Gasteiger partial charge in [-0.3, -0.25) is 4.79 Å². The highest BCUT2D eigenvalue weighted by atomic mass is 79.9. The largest absolute Gasteiger partial charge is 0.293 e. The van der Waals surface area contributed by atoms with Gasteiger partial charge in [0.15, 0.2) is 5.78 Å². The van der Waals surface area contributed by atoms with Crippen molar-refractivity contribution in [2.45, 2.75) is 6.42 Å². The van der Waals surface area contributed by atoms with Crippen LogP contribution in [0.2, 0.25) is 5.02 Å². The molecule has 1 heterocycles. The number of carbonyl (C=O) groups is 1. The minimum atomic E-state index is -0.385. The summed E-state index contributed by atoms with van der Waals surface area (Å²) >= 11 is 10.6. The standard InChI is InChI=1S/C12H7BrClFOS/c13-12-4-3-11(17-12)10(16)6-7-5-8(15)1-2-9(7)14/h1-5H,6H2. The van der Waals surface area contributed by atoms with Crippen molar-refractivity contribution in [3.05, 3.63) is 55.4 Å². The van der Waals surface area contributed by atoms with Crippen LogP contribution in [0.4, 0.5) is 4.39 Å². The predicted molar refractivity (Wildman–Crippen MR) is 71.5 cm³/mol. The molecule has 88 valence electrons. The van der Waals surface area contributed by atoms with Gasteiger partial charge in [-0.25, -0.2) is 4.39 Å². The Balaban J connectivity index is 2.21. The molecule has 0 amide bonds. The van der Waals surface area contributed by atoms with Crippen LogP contribution >= 0.6 is 38.9 Å². The Labute approximate surface area is 115 Å². The molecule has 0 saturated heterocycles. The monoisotopic (exact) mass is 332 g/mol. The summed E-state index contributed by atoms with van der Waals surface area (Å²) in [7, 11) is 0. The lowest BCUT2D eigenvalue weighted by molar-refractivity contribution is 0.0997. The first-order valence-corrected chi connectivity index (χ1v) is 6.77. The van der Waals surface area contributed by atoms with E-state index in [-0.39, 0.29) is 18.0 Å². The molecule has 0 aliphatic carbocycles. The van der Waals surface area contributed by atoms with E-state index in [2.05, 4.69) is 15.9 Å². The first-order chi connectivity index (χ1) is 8.06. The molecule has 0 aliphatic rings. The Kier molecular flexibility index (Phi) is 3.97. The summed E-state index contributed by atoms with van der Waals surface area (Å²) in [5, 5.41) is 0.412. The van der Waals surface area contributed by atoms with Crippen molar-refractivity contribution in [3.63, 3.8) is 0 Å². The van der Waals surface area contributed by atoms with Gasteiger partial charge in [-0.1, -0.05) is 11.6 Å². The first kappa shape index (κ1) is 12.7. The lowest BCUT2D eigenvalue weighted by atomic mass is 10.1. The SMILES string of the molecule is O=C(Cc1cc(F)ccc1Cl)c1ccc(Br)s1. The molecule has 1 aromatic carbocycles. The van der Waals surface area contributed by atoms with Crippen molar-refractivity contribution in [3.8, 4) is 0 Å². The van der Waals surface area contributed by atoms with Crippen molar-refractivity contribution in [1.82, 2.24) is 0 Å². The molecule has 0 fully saturated rings. The van der Waals surface area contributed by atoms with Gasteiger partial charge in [-0.2, -0.15) is 0 Å². The molecule has 0 N–H and O–H groups in total. The Morgan fingerprint density at radius 2 is 2.12 bits per heavy atom. The number of Topliss-reactive ketones (excluding diaryl/α,β-unsaturated/α-hetero) is 1. The van der Waals surface area contributed by atoms with E-state index in [1.165, 1.54) is 29.5 Å². The van der Waals surface area contributed by atoms with Crippen molar-refractivity contribution in [1.29, 1.82) is 0 Å². The fraction of sp³-hybridized carbons (Fsp3) is 0.0833. The number of rotatable bonds is 3. The van der Waals surface area contributed by atoms with Gasteiger partial charge >= 0.3 is 0 Å². The topological polar surface area (TPSA) is 17.1 Å². The molecular formula is C12H7BrClFOS. The summed E-state index contributed by atoms with van der Waals surface area (Å²) in [6.07, 6.45) is 0.115. The summed E-state index contributed by atoms with van der Waals surface area (Å²) < 4.78 is 13.9. The maximum Gasteiger partial charge on any atom is 0.177 e. The fourth-order valence-electron chi connectivity index (χ4n) is 1.40. The normalized spacial score (nSPS) is 10.5. The third-order valence-electron chi connectivity index (χ3n) is 2.21. The van der Waals surface area contributed by atoms with E-state index in [4.69, 9.17) is 11.6 Å². The average Bonchev–Trinajstić information content (AvgIpc) is 2.70. The quantitative estimate of drug-likeness (QED) is 0.742. The van der Waals surface area contributed by atoms with Crippen molar-refractivity contribution >= 4 is 44.7 Å². The van der Waals surface area contributed by atoms with Gasteiger partial charge in [-0.05, 0) is 51.8 Å². The minimum absolute atomic E-state index is 0.0619. The minimum Gasteiger partial charge on any atom is -0.293 e. The van der Waals surface area contributed by atoms with E-state index in [0.717, 1.165) is 3.79 Å². The highest BCUT2D eigenvalue weighted by Crippen LogP contribution is 2.25. The van der Waals surface area contributed by atoms with Crippen LogP contribution in [-0.4, -0.2) is 5.78 Å². The van der Waals surface area contributed by atoms with E-state index >= 15 is 0 Å². The average molecular weight is 334 g/mol. The van der Waals surface area contributed by atoms with Crippen molar-refractivity contribution < 1.29 is 9.18 Å². The maximum atomic E-state index is 13.0. The Morgan fingerprint density at radius 1 is 1.35 bits per heavy atom. The van der Waals surface area contributed by atoms with Crippen molar-refractivity contribution in [2.24, 2.45) is 0 Å². The zero-order chi connectivity index (χ0) is 12.4. The first-order valence-electron chi connectivity index (χ1n) is 4.79. The number of ketones is 1. The second kappa shape index (κ2) is 5.29. The molecule has 0 aliphatic heterocycles. The number of hydrogen-bond donors (Lipinski definition) is 0. The number of hydrogen-bond acceptors (Lipinski definition) is 2. The summed E-state index contributed by atoms with van der Waals surface area (Å²) in [6.45, 7) is 0. The van der Waals surface area contributed by atoms with E-state index in [1.54, 1.807) is 6.07 Å².